The van der Waals surface area contributed by atoms with Crippen molar-refractivity contribution in [3.63, 3.8) is 0 Å². The van der Waals surface area contributed by atoms with Crippen molar-refractivity contribution in [3.8, 4) is 0 Å². The predicted molar refractivity (Wildman–Crippen MR) is 101 cm³/mol. The monoisotopic (exact) mass is 360 g/mol. The van der Waals surface area contributed by atoms with Crippen LogP contribution in [-0.4, -0.2) is 20.9 Å². The molecule has 0 aromatic heterocycles. The molecule has 0 aliphatic carbocycles. The molecule has 2 aromatic rings. The summed E-state index contributed by atoms with van der Waals surface area (Å²) in [6, 6.07) is 11.8. The summed E-state index contributed by atoms with van der Waals surface area (Å²) in [4.78, 5) is 12.1. The van der Waals surface area contributed by atoms with E-state index in [0.717, 1.165) is 11.1 Å². The van der Waals surface area contributed by atoms with E-state index < -0.39 is 10.0 Å². The van der Waals surface area contributed by atoms with Gasteiger partial charge in [-0.15, -0.1) is 0 Å². The third kappa shape index (κ3) is 4.60. The second kappa shape index (κ2) is 7.70. The maximum absolute atomic E-state index is 12.6. The molecule has 0 bridgehead atoms. The summed E-state index contributed by atoms with van der Waals surface area (Å²) >= 11 is 0. The number of aryl methyl sites for hydroxylation is 1. The molecule has 0 aliphatic rings. The molecule has 0 aliphatic heterocycles. The molecule has 6 heteroatoms. The third-order valence-electron chi connectivity index (χ3n) is 3.93. The van der Waals surface area contributed by atoms with Gasteiger partial charge in [0.25, 0.3) is 15.9 Å². The Morgan fingerprint density at radius 1 is 1.08 bits per heavy atom. The van der Waals surface area contributed by atoms with Crippen LogP contribution in [0.15, 0.2) is 47.4 Å². The van der Waals surface area contributed by atoms with Crippen molar-refractivity contribution in [2.45, 2.75) is 38.5 Å². The number of carbonyl (C=O) groups excluding carboxylic acids is 1. The quantitative estimate of drug-likeness (QED) is 0.825. The first-order valence-corrected chi connectivity index (χ1v) is 9.74. The average Bonchev–Trinajstić information content (AvgIpc) is 2.55. The lowest BCUT2D eigenvalue weighted by Gasteiger charge is -2.12. The van der Waals surface area contributed by atoms with Crippen LogP contribution in [0.4, 0.5) is 5.69 Å². The maximum atomic E-state index is 12.6. The van der Waals surface area contributed by atoms with Crippen molar-refractivity contribution >= 4 is 21.6 Å². The fraction of sp³-hybridized carbons (Fsp3) is 0.316. The van der Waals surface area contributed by atoms with Gasteiger partial charge in [-0.3, -0.25) is 9.52 Å². The van der Waals surface area contributed by atoms with Gasteiger partial charge in [-0.1, -0.05) is 32.0 Å². The van der Waals surface area contributed by atoms with Crippen LogP contribution in [0.3, 0.4) is 0 Å². The molecule has 0 saturated heterocycles. The highest BCUT2D eigenvalue weighted by atomic mass is 32.2. The standard InChI is InChI=1S/C19H24N2O3S/c1-5-20-19(22)18-12-17(11-6-14(18)4)25(23,24)21-16-9-7-15(8-10-16)13(2)3/h6-13,21H,5H2,1-4H3,(H,20,22). The third-order valence-corrected chi connectivity index (χ3v) is 5.31. The summed E-state index contributed by atoms with van der Waals surface area (Å²) in [5, 5.41) is 2.69. The van der Waals surface area contributed by atoms with Gasteiger partial charge in [0.1, 0.15) is 0 Å². The van der Waals surface area contributed by atoms with Crippen LogP contribution in [0.2, 0.25) is 0 Å². The summed E-state index contributed by atoms with van der Waals surface area (Å²) in [6.45, 7) is 8.23. The molecule has 0 heterocycles. The zero-order valence-corrected chi connectivity index (χ0v) is 15.8. The van der Waals surface area contributed by atoms with E-state index >= 15 is 0 Å². The van der Waals surface area contributed by atoms with E-state index in [1.54, 1.807) is 25.1 Å². The highest BCUT2D eigenvalue weighted by Gasteiger charge is 2.18. The Morgan fingerprint density at radius 2 is 1.72 bits per heavy atom. The number of hydrogen-bond acceptors (Lipinski definition) is 3. The molecule has 2 N–H and O–H groups in total. The van der Waals surface area contributed by atoms with E-state index in [2.05, 4.69) is 23.9 Å². The smallest absolute Gasteiger partial charge is 0.261 e. The molecule has 0 spiro atoms. The lowest BCUT2D eigenvalue weighted by atomic mass is 10.0. The molecule has 0 unspecified atom stereocenters. The summed E-state index contributed by atoms with van der Waals surface area (Å²) in [5.41, 5.74) is 2.72. The second-order valence-electron chi connectivity index (χ2n) is 6.22. The van der Waals surface area contributed by atoms with Crippen LogP contribution in [0.1, 0.15) is 48.2 Å². The molecule has 2 aromatic carbocycles. The number of rotatable bonds is 6. The zero-order chi connectivity index (χ0) is 18.6. The largest absolute Gasteiger partial charge is 0.352 e. The fourth-order valence-electron chi connectivity index (χ4n) is 2.42. The molecule has 25 heavy (non-hydrogen) atoms. The van der Waals surface area contributed by atoms with Crippen LogP contribution in [0.25, 0.3) is 0 Å². The average molecular weight is 360 g/mol. The van der Waals surface area contributed by atoms with Gasteiger partial charge < -0.3 is 5.32 Å². The highest BCUT2D eigenvalue weighted by Crippen LogP contribution is 2.21. The van der Waals surface area contributed by atoms with Gasteiger partial charge in [0.2, 0.25) is 0 Å². The van der Waals surface area contributed by atoms with Crippen molar-refractivity contribution in [1.29, 1.82) is 0 Å². The van der Waals surface area contributed by atoms with Gasteiger partial charge in [0.05, 0.1) is 4.90 Å². The minimum absolute atomic E-state index is 0.0623. The van der Waals surface area contributed by atoms with Gasteiger partial charge in [0, 0.05) is 17.8 Å². The maximum Gasteiger partial charge on any atom is 0.261 e. The van der Waals surface area contributed by atoms with E-state index in [0.29, 0.717) is 23.7 Å². The van der Waals surface area contributed by atoms with Gasteiger partial charge in [-0.25, -0.2) is 8.42 Å². The van der Waals surface area contributed by atoms with Crippen LogP contribution in [-0.2, 0) is 10.0 Å². The molecular weight excluding hydrogens is 336 g/mol. The number of amides is 1. The predicted octanol–water partition coefficient (Wildman–Crippen LogP) is 3.67. The van der Waals surface area contributed by atoms with Gasteiger partial charge in [-0.05, 0) is 55.2 Å². The minimum atomic E-state index is -3.76. The Hall–Kier alpha value is -2.34. The normalized spacial score (nSPS) is 11.4. The Labute approximate surface area is 149 Å². The van der Waals surface area contributed by atoms with E-state index in [4.69, 9.17) is 0 Å². The number of anilines is 1. The first-order valence-electron chi connectivity index (χ1n) is 8.26. The highest BCUT2D eigenvalue weighted by molar-refractivity contribution is 7.92. The van der Waals surface area contributed by atoms with Gasteiger partial charge >= 0.3 is 0 Å². The molecule has 0 atom stereocenters. The minimum Gasteiger partial charge on any atom is -0.352 e. The van der Waals surface area contributed by atoms with Crippen molar-refractivity contribution in [2.24, 2.45) is 0 Å². The Kier molecular flexibility index (Phi) is 5.85. The summed E-state index contributed by atoms with van der Waals surface area (Å²) in [7, 11) is -3.76. The van der Waals surface area contributed by atoms with E-state index in [-0.39, 0.29) is 10.8 Å². The second-order valence-corrected chi connectivity index (χ2v) is 7.90. The fourth-order valence-corrected chi connectivity index (χ4v) is 3.50. The molecule has 0 fully saturated rings. The van der Waals surface area contributed by atoms with Crippen LogP contribution in [0, 0.1) is 6.92 Å². The van der Waals surface area contributed by atoms with Gasteiger partial charge in [0.15, 0.2) is 0 Å². The molecule has 2 rings (SSSR count). The van der Waals surface area contributed by atoms with E-state index in [9.17, 15) is 13.2 Å². The van der Waals surface area contributed by atoms with Crippen molar-refractivity contribution in [1.82, 2.24) is 5.32 Å². The van der Waals surface area contributed by atoms with Crippen LogP contribution in [0.5, 0.6) is 0 Å². The topological polar surface area (TPSA) is 75.3 Å². The van der Waals surface area contributed by atoms with E-state index in [1.165, 1.54) is 12.1 Å². The first-order chi connectivity index (χ1) is 11.7. The molecule has 1 amide bonds. The zero-order valence-electron chi connectivity index (χ0n) is 15.0. The summed E-state index contributed by atoms with van der Waals surface area (Å²) in [6.07, 6.45) is 0. The lowest BCUT2D eigenvalue weighted by molar-refractivity contribution is 0.0955. The Balaban J connectivity index is 2.30. The summed E-state index contributed by atoms with van der Waals surface area (Å²) in [5.74, 6) is 0.0979. The number of carbonyl (C=O) groups is 1. The number of hydrogen-bond donors (Lipinski definition) is 2. The van der Waals surface area contributed by atoms with Crippen LogP contribution >= 0.6 is 0 Å². The summed E-state index contributed by atoms with van der Waals surface area (Å²) < 4.78 is 27.8. The Bertz CT molecular complexity index is 857. The van der Waals surface area contributed by atoms with E-state index in [1.807, 2.05) is 19.1 Å². The number of nitrogens with one attached hydrogen (secondary N) is 2. The van der Waals surface area contributed by atoms with Crippen LogP contribution < -0.4 is 10.0 Å². The molecule has 0 radical (unpaired) electrons. The SMILES string of the molecule is CCNC(=O)c1cc(S(=O)(=O)Nc2ccc(C(C)C)cc2)ccc1C. The molecule has 134 valence electrons. The Morgan fingerprint density at radius 3 is 2.28 bits per heavy atom. The lowest BCUT2D eigenvalue weighted by Crippen LogP contribution is -2.24. The van der Waals surface area contributed by atoms with Crippen molar-refractivity contribution in [2.75, 3.05) is 11.3 Å². The molecule has 5 nitrogen and oxygen atoms in total. The molecular formula is C19H24N2O3S. The van der Waals surface area contributed by atoms with Crippen molar-refractivity contribution in [3.05, 3.63) is 59.2 Å². The molecule has 0 saturated carbocycles. The van der Waals surface area contributed by atoms with Gasteiger partial charge in [-0.2, -0.15) is 0 Å². The number of sulfonamides is 1. The first kappa shape index (κ1) is 19.0. The van der Waals surface area contributed by atoms with Crippen molar-refractivity contribution < 1.29 is 13.2 Å². The number of benzene rings is 2.